The van der Waals surface area contributed by atoms with Crippen LogP contribution in [0.4, 0.5) is 0 Å². The first-order chi connectivity index (χ1) is 17.4. The van der Waals surface area contributed by atoms with E-state index in [1.54, 1.807) is 24.3 Å². The monoisotopic (exact) mass is 512 g/mol. The summed E-state index contributed by atoms with van der Waals surface area (Å²) in [6.07, 6.45) is 5.78. The Morgan fingerprint density at radius 2 is 1.50 bits per heavy atom. The molecule has 0 radical (unpaired) electrons. The Labute approximate surface area is 216 Å². The molecule has 0 aliphatic carbocycles. The highest BCUT2D eigenvalue weighted by Crippen LogP contribution is 2.37. The fraction of sp³-hybridized carbons (Fsp3) is 0.483. The van der Waals surface area contributed by atoms with Crippen LogP contribution in [0.25, 0.3) is 11.3 Å². The normalized spacial score (nSPS) is 11.9. The smallest absolute Gasteiger partial charge is 0.212 e. The molecule has 0 saturated heterocycles. The van der Waals surface area contributed by atoms with Gasteiger partial charge in [-0.2, -0.15) is 0 Å². The number of aromatic nitrogens is 1. The summed E-state index contributed by atoms with van der Waals surface area (Å²) in [5.74, 6) is 0.904. The second kappa shape index (κ2) is 13.6. The molecule has 0 atom stereocenters. The van der Waals surface area contributed by atoms with Gasteiger partial charge in [-0.1, -0.05) is 76.0 Å². The van der Waals surface area contributed by atoms with E-state index in [2.05, 4.69) is 23.9 Å². The molecular formula is C29H40N2O4S. The van der Waals surface area contributed by atoms with Gasteiger partial charge in [0.1, 0.15) is 16.3 Å². The third-order valence-electron chi connectivity index (χ3n) is 6.19. The SMILES string of the molecule is CCCCN(CCCC)CCCOc1ccc(S(=O)(=O)c2c(-c3ccccc3)noc2C(C)C)cc1. The van der Waals surface area contributed by atoms with E-state index in [-0.39, 0.29) is 15.7 Å². The highest BCUT2D eigenvalue weighted by molar-refractivity contribution is 7.91. The third-order valence-corrected chi connectivity index (χ3v) is 8.02. The third kappa shape index (κ3) is 7.20. The van der Waals surface area contributed by atoms with Gasteiger partial charge >= 0.3 is 0 Å². The number of benzene rings is 2. The van der Waals surface area contributed by atoms with Crippen molar-refractivity contribution in [2.24, 2.45) is 0 Å². The number of hydrogen-bond acceptors (Lipinski definition) is 6. The van der Waals surface area contributed by atoms with Gasteiger partial charge in [-0.3, -0.25) is 0 Å². The van der Waals surface area contributed by atoms with Gasteiger partial charge < -0.3 is 14.2 Å². The molecule has 36 heavy (non-hydrogen) atoms. The van der Waals surface area contributed by atoms with Gasteiger partial charge in [-0.15, -0.1) is 0 Å². The number of nitrogens with zero attached hydrogens (tertiary/aromatic N) is 2. The van der Waals surface area contributed by atoms with Gasteiger partial charge in [0, 0.05) is 18.0 Å². The fourth-order valence-electron chi connectivity index (χ4n) is 4.11. The van der Waals surface area contributed by atoms with Crippen LogP contribution in [-0.2, 0) is 9.84 Å². The standard InChI is InChI=1S/C29H40N2O4S/c1-5-7-19-31(20-8-6-2)21-12-22-34-25-15-17-26(18-16-25)36(32,33)29-27(24-13-10-9-11-14-24)30-35-28(29)23(3)4/h9-11,13-18,23H,5-8,12,19-22H2,1-4H3. The first-order valence-corrected chi connectivity index (χ1v) is 14.6. The number of ether oxygens (including phenoxy) is 1. The van der Waals surface area contributed by atoms with Gasteiger partial charge in [0.25, 0.3) is 0 Å². The van der Waals surface area contributed by atoms with Crippen molar-refractivity contribution in [3.05, 3.63) is 60.4 Å². The van der Waals surface area contributed by atoms with Gasteiger partial charge in [0.15, 0.2) is 5.76 Å². The Kier molecular flexibility index (Phi) is 10.6. The predicted molar refractivity (Wildman–Crippen MR) is 144 cm³/mol. The van der Waals surface area contributed by atoms with E-state index in [1.807, 2.05) is 44.2 Å². The van der Waals surface area contributed by atoms with Crippen LogP contribution < -0.4 is 4.74 Å². The van der Waals surface area contributed by atoms with Crippen molar-refractivity contribution >= 4 is 9.84 Å². The lowest BCUT2D eigenvalue weighted by Crippen LogP contribution is -2.28. The molecule has 3 aromatic rings. The summed E-state index contributed by atoms with van der Waals surface area (Å²) in [6.45, 7) is 12.1. The lowest BCUT2D eigenvalue weighted by molar-refractivity contribution is 0.229. The van der Waals surface area contributed by atoms with Crippen LogP contribution in [0.3, 0.4) is 0 Å². The molecule has 0 bridgehead atoms. The zero-order chi connectivity index (χ0) is 26.0. The number of hydrogen-bond donors (Lipinski definition) is 0. The molecule has 2 aromatic carbocycles. The van der Waals surface area contributed by atoms with Crippen LogP contribution in [0.5, 0.6) is 5.75 Å². The van der Waals surface area contributed by atoms with Crippen LogP contribution in [0, 0.1) is 0 Å². The van der Waals surface area contributed by atoms with E-state index in [1.165, 1.54) is 25.7 Å². The molecule has 0 amide bonds. The average molecular weight is 513 g/mol. The molecule has 0 aliphatic rings. The molecule has 6 nitrogen and oxygen atoms in total. The summed E-state index contributed by atoms with van der Waals surface area (Å²) in [7, 11) is -3.84. The summed E-state index contributed by atoms with van der Waals surface area (Å²) < 4.78 is 38.8. The minimum atomic E-state index is -3.84. The Morgan fingerprint density at radius 3 is 2.08 bits per heavy atom. The van der Waals surface area contributed by atoms with E-state index in [0.29, 0.717) is 29.4 Å². The first-order valence-electron chi connectivity index (χ1n) is 13.1. The van der Waals surface area contributed by atoms with Crippen molar-refractivity contribution in [2.75, 3.05) is 26.2 Å². The van der Waals surface area contributed by atoms with Crippen molar-refractivity contribution in [2.45, 2.75) is 75.5 Å². The van der Waals surface area contributed by atoms with Crippen molar-refractivity contribution in [3.8, 4) is 17.0 Å². The van der Waals surface area contributed by atoms with Gasteiger partial charge in [0.2, 0.25) is 9.84 Å². The Balaban J connectivity index is 1.70. The summed E-state index contributed by atoms with van der Waals surface area (Å²) >= 11 is 0. The van der Waals surface area contributed by atoms with Crippen LogP contribution in [-0.4, -0.2) is 44.7 Å². The van der Waals surface area contributed by atoms with E-state index in [0.717, 1.165) is 26.1 Å². The summed E-state index contributed by atoms with van der Waals surface area (Å²) in [6, 6.07) is 15.9. The molecule has 0 N–H and O–H groups in total. The molecule has 3 rings (SSSR count). The van der Waals surface area contributed by atoms with E-state index >= 15 is 0 Å². The largest absolute Gasteiger partial charge is 0.494 e. The van der Waals surface area contributed by atoms with Crippen molar-refractivity contribution < 1.29 is 17.7 Å². The summed E-state index contributed by atoms with van der Waals surface area (Å²) in [4.78, 5) is 2.85. The van der Waals surface area contributed by atoms with E-state index < -0.39 is 9.84 Å². The maximum Gasteiger partial charge on any atom is 0.212 e. The molecule has 0 fully saturated rings. The van der Waals surface area contributed by atoms with Crippen LogP contribution >= 0.6 is 0 Å². The van der Waals surface area contributed by atoms with Crippen molar-refractivity contribution in [1.29, 1.82) is 0 Å². The maximum absolute atomic E-state index is 13.7. The molecule has 0 unspecified atom stereocenters. The van der Waals surface area contributed by atoms with Gasteiger partial charge in [-0.05, 0) is 56.6 Å². The molecule has 196 valence electrons. The zero-order valence-electron chi connectivity index (χ0n) is 22.1. The van der Waals surface area contributed by atoms with Crippen LogP contribution in [0.2, 0.25) is 0 Å². The summed E-state index contributed by atoms with van der Waals surface area (Å²) in [5, 5.41) is 4.14. The topological polar surface area (TPSA) is 72.6 Å². The number of unbranched alkanes of at least 4 members (excludes halogenated alkanes) is 2. The molecule has 0 spiro atoms. The minimum Gasteiger partial charge on any atom is -0.494 e. The Hall–Kier alpha value is -2.64. The minimum absolute atomic E-state index is 0.128. The van der Waals surface area contributed by atoms with Crippen molar-refractivity contribution in [1.82, 2.24) is 10.1 Å². The molecular weight excluding hydrogens is 472 g/mol. The Bertz CT molecular complexity index is 1150. The maximum atomic E-state index is 13.7. The van der Waals surface area contributed by atoms with E-state index in [4.69, 9.17) is 9.26 Å². The average Bonchev–Trinajstić information content (AvgIpc) is 3.35. The lowest BCUT2D eigenvalue weighted by Gasteiger charge is -2.21. The first kappa shape index (κ1) is 27.9. The zero-order valence-corrected chi connectivity index (χ0v) is 22.9. The highest BCUT2D eigenvalue weighted by atomic mass is 32.2. The molecule has 0 saturated carbocycles. The van der Waals surface area contributed by atoms with Crippen LogP contribution in [0.1, 0.15) is 71.5 Å². The molecule has 1 aromatic heterocycles. The molecule has 1 heterocycles. The van der Waals surface area contributed by atoms with Crippen molar-refractivity contribution in [3.63, 3.8) is 0 Å². The fourth-order valence-corrected chi connectivity index (χ4v) is 5.79. The Morgan fingerprint density at radius 1 is 0.889 bits per heavy atom. The van der Waals surface area contributed by atoms with Gasteiger partial charge in [0.05, 0.1) is 11.5 Å². The number of sulfone groups is 1. The molecule has 7 heteroatoms. The predicted octanol–water partition coefficient (Wildman–Crippen LogP) is 6.97. The van der Waals surface area contributed by atoms with Gasteiger partial charge in [-0.25, -0.2) is 8.42 Å². The van der Waals surface area contributed by atoms with E-state index in [9.17, 15) is 8.42 Å². The lowest BCUT2D eigenvalue weighted by atomic mass is 10.1. The summed E-state index contributed by atoms with van der Waals surface area (Å²) in [5.41, 5.74) is 1.05. The second-order valence-electron chi connectivity index (χ2n) is 9.47. The number of rotatable bonds is 15. The quantitative estimate of drug-likeness (QED) is 0.205. The highest BCUT2D eigenvalue weighted by Gasteiger charge is 2.32. The second-order valence-corrected chi connectivity index (χ2v) is 11.4. The molecule has 0 aliphatic heterocycles. The van der Waals surface area contributed by atoms with Crippen LogP contribution in [0.15, 0.2) is 68.9 Å².